The number of hydrogen-bond acceptors (Lipinski definition) is 2. The smallest absolute Gasteiger partial charge is 0.165 e. The fraction of sp³-hybridized carbons (Fsp3) is 0.462. The first-order valence-electron chi connectivity index (χ1n) is 5.29. The van der Waals surface area contributed by atoms with E-state index >= 15 is 0 Å². The van der Waals surface area contributed by atoms with Gasteiger partial charge in [0, 0.05) is 13.5 Å². The van der Waals surface area contributed by atoms with Crippen molar-refractivity contribution < 1.29 is 9.53 Å². The van der Waals surface area contributed by atoms with Crippen LogP contribution < -0.4 is 0 Å². The maximum atomic E-state index is 11.8. The number of rotatable bonds is 5. The largest absolute Gasteiger partial charge is 0.374 e. The second-order valence-electron chi connectivity index (χ2n) is 3.70. The molecule has 0 amide bonds. The summed E-state index contributed by atoms with van der Waals surface area (Å²) in [6.45, 7) is 3.99. The Kier molecular flexibility index (Phi) is 4.50. The molecular weight excluding hydrogens is 188 g/mol. The van der Waals surface area contributed by atoms with E-state index in [1.807, 2.05) is 38.1 Å². The molecule has 0 saturated heterocycles. The van der Waals surface area contributed by atoms with Gasteiger partial charge >= 0.3 is 0 Å². The zero-order valence-electron chi connectivity index (χ0n) is 9.62. The van der Waals surface area contributed by atoms with Gasteiger partial charge in [0.25, 0.3) is 0 Å². The number of carbonyl (C=O) groups excluding carboxylic acids is 1. The van der Waals surface area contributed by atoms with Crippen molar-refractivity contribution in [2.45, 2.75) is 32.8 Å². The second-order valence-corrected chi connectivity index (χ2v) is 3.70. The van der Waals surface area contributed by atoms with Crippen molar-refractivity contribution in [3.8, 4) is 0 Å². The predicted molar refractivity (Wildman–Crippen MR) is 61.0 cm³/mol. The lowest BCUT2D eigenvalue weighted by Gasteiger charge is -2.12. The molecule has 0 aromatic heterocycles. The van der Waals surface area contributed by atoms with Gasteiger partial charge in [-0.3, -0.25) is 4.79 Å². The van der Waals surface area contributed by atoms with Gasteiger partial charge in [0.05, 0.1) is 0 Å². The number of Topliss-reactive ketones (excluding diaryl/α,β-unsaturated/α-hetero) is 1. The minimum absolute atomic E-state index is 0.161. The number of aryl methyl sites for hydroxylation is 1. The van der Waals surface area contributed by atoms with E-state index in [1.165, 1.54) is 0 Å². The third-order valence-electron chi connectivity index (χ3n) is 2.64. The molecule has 0 fully saturated rings. The molecule has 0 aliphatic heterocycles. The van der Waals surface area contributed by atoms with Gasteiger partial charge in [-0.05, 0) is 24.5 Å². The molecule has 0 aliphatic rings. The number of carbonyl (C=O) groups is 1. The van der Waals surface area contributed by atoms with Crippen LogP contribution in [0.15, 0.2) is 24.3 Å². The molecule has 1 aromatic carbocycles. The Morgan fingerprint density at radius 1 is 1.40 bits per heavy atom. The van der Waals surface area contributed by atoms with Crippen LogP contribution in [0.4, 0.5) is 0 Å². The average molecular weight is 206 g/mol. The van der Waals surface area contributed by atoms with Crippen molar-refractivity contribution in [2.75, 3.05) is 7.11 Å². The summed E-state index contributed by atoms with van der Waals surface area (Å²) in [5.74, 6) is 0.161. The van der Waals surface area contributed by atoms with Crippen LogP contribution in [0.25, 0.3) is 0 Å². The van der Waals surface area contributed by atoms with E-state index < -0.39 is 0 Å². The summed E-state index contributed by atoms with van der Waals surface area (Å²) in [7, 11) is 1.59. The molecule has 0 spiro atoms. The van der Waals surface area contributed by atoms with Crippen molar-refractivity contribution in [1.29, 1.82) is 0 Å². The summed E-state index contributed by atoms with van der Waals surface area (Å²) < 4.78 is 5.12. The van der Waals surface area contributed by atoms with Crippen molar-refractivity contribution in [2.24, 2.45) is 0 Å². The summed E-state index contributed by atoms with van der Waals surface area (Å²) in [5.41, 5.74) is 2.26. The van der Waals surface area contributed by atoms with Crippen molar-refractivity contribution in [3.05, 3.63) is 35.4 Å². The van der Waals surface area contributed by atoms with E-state index in [4.69, 9.17) is 4.74 Å². The van der Waals surface area contributed by atoms with Crippen molar-refractivity contribution in [1.82, 2.24) is 0 Å². The van der Waals surface area contributed by atoms with Crippen LogP contribution in [0, 0.1) is 6.92 Å². The van der Waals surface area contributed by atoms with Crippen molar-refractivity contribution >= 4 is 5.78 Å². The molecular formula is C13H18O2. The monoisotopic (exact) mass is 206 g/mol. The van der Waals surface area contributed by atoms with Crippen LogP contribution in [-0.4, -0.2) is 19.0 Å². The van der Waals surface area contributed by atoms with Gasteiger partial charge in [-0.25, -0.2) is 0 Å². The molecule has 82 valence electrons. The summed E-state index contributed by atoms with van der Waals surface area (Å²) in [5, 5.41) is 0. The molecule has 15 heavy (non-hydrogen) atoms. The summed E-state index contributed by atoms with van der Waals surface area (Å²) in [4.78, 5) is 11.8. The van der Waals surface area contributed by atoms with Crippen LogP contribution in [0.5, 0.6) is 0 Å². The topological polar surface area (TPSA) is 26.3 Å². The number of ether oxygens (including phenoxy) is 1. The Balaban J connectivity index is 2.70. The van der Waals surface area contributed by atoms with Gasteiger partial charge < -0.3 is 4.74 Å². The first-order chi connectivity index (χ1) is 7.19. The third kappa shape index (κ3) is 3.17. The van der Waals surface area contributed by atoms with Gasteiger partial charge in [0.2, 0.25) is 0 Å². The minimum Gasteiger partial charge on any atom is -0.374 e. The highest BCUT2D eigenvalue weighted by atomic mass is 16.5. The molecule has 0 heterocycles. The highest BCUT2D eigenvalue weighted by Crippen LogP contribution is 2.10. The maximum Gasteiger partial charge on any atom is 0.165 e. The van der Waals surface area contributed by atoms with Crippen LogP contribution >= 0.6 is 0 Å². The summed E-state index contributed by atoms with van der Waals surface area (Å²) in [6.07, 6.45) is 0.949. The zero-order valence-corrected chi connectivity index (χ0v) is 9.62. The van der Waals surface area contributed by atoms with E-state index in [2.05, 4.69) is 0 Å². The Morgan fingerprint density at radius 3 is 2.60 bits per heavy atom. The molecule has 0 N–H and O–H groups in total. The van der Waals surface area contributed by atoms with Crippen LogP contribution in [0.3, 0.4) is 0 Å². The van der Waals surface area contributed by atoms with Gasteiger partial charge in [0.15, 0.2) is 5.78 Å². The summed E-state index contributed by atoms with van der Waals surface area (Å²) >= 11 is 0. The Bertz CT molecular complexity index is 327. The normalized spacial score (nSPS) is 12.5. The molecule has 1 rings (SSSR count). The van der Waals surface area contributed by atoms with Crippen LogP contribution in [0.1, 0.15) is 24.5 Å². The molecule has 0 aliphatic carbocycles. The minimum atomic E-state index is -0.260. The Morgan fingerprint density at radius 2 is 2.07 bits per heavy atom. The fourth-order valence-electron chi connectivity index (χ4n) is 1.64. The molecule has 1 aromatic rings. The molecule has 2 nitrogen and oxygen atoms in total. The van der Waals surface area contributed by atoms with E-state index in [-0.39, 0.29) is 11.9 Å². The predicted octanol–water partition coefficient (Wildman–Crippen LogP) is 2.53. The molecule has 1 atom stereocenters. The van der Waals surface area contributed by atoms with Gasteiger partial charge in [-0.1, -0.05) is 31.2 Å². The van der Waals surface area contributed by atoms with E-state index in [0.717, 1.165) is 17.5 Å². The first kappa shape index (κ1) is 11.9. The standard InChI is InChI=1S/C13H18O2/c1-4-13(15-3)12(14)9-11-8-6-5-7-10(11)2/h5-8,13H,4,9H2,1-3H3. The third-order valence-corrected chi connectivity index (χ3v) is 2.64. The molecule has 0 bridgehead atoms. The number of ketones is 1. The number of benzene rings is 1. The first-order valence-corrected chi connectivity index (χ1v) is 5.29. The Hall–Kier alpha value is -1.15. The molecule has 1 unspecified atom stereocenters. The average Bonchev–Trinajstić information content (AvgIpc) is 2.23. The fourth-order valence-corrected chi connectivity index (χ4v) is 1.64. The van der Waals surface area contributed by atoms with Crippen LogP contribution in [0.2, 0.25) is 0 Å². The second kappa shape index (κ2) is 5.66. The lowest BCUT2D eigenvalue weighted by Crippen LogP contribution is -2.24. The highest BCUT2D eigenvalue weighted by molar-refractivity contribution is 5.85. The molecule has 0 saturated carbocycles. The van der Waals surface area contributed by atoms with Gasteiger partial charge in [-0.2, -0.15) is 0 Å². The van der Waals surface area contributed by atoms with Gasteiger partial charge in [-0.15, -0.1) is 0 Å². The van der Waals surface area contributed by atoms with Crippen LogP contribution in [-0.2, 0) is 16.0 Å². The van der Waals surface area contributed by atoms with Crippen molar-refractivity contribution in [3.63, 3.8) is 0 Å². The lowest BCUT2D eigenvalue weighted by molar-refractivity contribution is -0.128. The Labute approximate surface area is 91.3 Å². The molecule has 0 radical (unpaired) electrons. The SMILES string of the molecule is CCC(OC)C(=O)Cc1ccccc1C. The van der Waals surface area contributed by atoms with E-state index in [9.17, 15) is 4.79 Å². The maximum absolute atomic E-state index is 11.8. The number of hydrogen-bond donors (Lipinski definition) is 0. The van der Waals surface area contributed by atoms with E-state index in [0.29, 0.717) is 6.42 Å². The highest BCUT2D eigenvalue weighted by Gasteiger charge is 2.16. The quantitative estimate of drug-likeness (QED) is 0.740. The van der Waals surface area contributed by atoms with Gasteiger partial charge in [0.1, 0.15) is 6.10 Å². The summed E-state index contributed by atoms with van der Waals surface area (Å²) in [6, 6.07) is 7.96. The molecule has 2 heteroatoms. The zero-order chi connectivity index (χ0) is 11.3. The van der Waals surface area contributed by atoms with E-state index in [1.54, 1.807) is 7.11 Å². The number of methoxy groups -OCH3 is 1. The lowest BCUT2D eigenvalue weighted by atomic mass is 10.0.